The summed E-state index contributed by atoms with van der Waals surface area (Å²) in [4.78, 5) is 2.58. The van der Waals surface area contributed by atoms with Crippen LogP contribution in [0.15, 0.2) is 0 Å². The van der Waals surface area contributed by atoms with Crippen molar-refractivity contribution in [1.29, 1.82) is 0 Å². The number of hydrogen-bond acceptors (Lipinski definition) is 4. The molecule has 2 heterocycles. The van der Waals surface area contributed by atoms with Gasteiger partial charge >= 0.3 is 0 Å². The number of aliphatic hydroxyl groups is 1. The van der Waals surface area contributed by atoms with E-state index in [1.165, 1.54) is 38.6 Å². The molecule has 0 aromatic carbocycles. The lowest BCUT2D eigenvalue weighted by molar-refractivity contribution is -0.0495. The van der Waals surface area contributed by atoms with Crippen molar-refractivity contribution >= 4 is 0 Å². The number of hydrogen-bond donors (Lipinski definition) is 2. The Balaban J connectivity index is 1.43. The molecule has 2 N–H and O–H groups in total. The SMILES string of the molecule is OC1CCCCCC1NCC1CN2CCCC2CO1. The lowest BCUT2D eigenvalue weighted by Crippen LogP contribution is -2.51. The normalized spacial score (nSPS) is 40.9. The number of nitrogens with zero attached hydrogens (tertiary/aromatic N) is 1. The standard InChI is InChI=1S/C15H28N2O2/c18-15-7-3-1-2-6-14(15)16-9-13-10-17-8-4-5-12(17)11-19-13/h12-16,18H,1-11H2. The molecule has 0 aromatic rings. The van der Waals surface area contributed by atoms with Gasteiger partial charge in [0.2, 0.25) is 0 Å². The van der Waals surface area contributed by atoms with Gasteiger partial charge in [0.05, 0.1) is 18.8 Å². The van der Waals surface area contributed by atoms with E-state index in [1.807, 2.05) is 0 Å². The molecule has 0 aromatic heterocycles. The van der Waals surface area contributed by atoms with Gasteiger partial charge in [0.25, 0.3) is 0 Å². The summed E-state index contributed by atoms with van der Waals surface area (Å²) < 4.78 is 5.96. The third kappa shape index (κ3) is 3.48. The molecule has 0 radical (unpaired) electrons. The highest BCUT2D eigenvalue weighted by Gasteiger charge is 2.32. The monoisotopic (exact) mass is 268 g/mol. The molecule has 2 saturated heterocycles. The minimum atomic E-state index is -0.161. The summed E-state index contributed by atoms with van der Waals surface area (Å²) in [6.45, 7) is 4.11. The van der Waals surface area contributed by atoms with Gasteiger partial charge < -0.3 is 15.2 Å². The minimum Gasteiger partial charge on any atom is -0.392 e. The van der Waals surface area contributed by atoms with Crippen LogP contribution in [0.5, 0.6) is 0 Å². The van der Waals surface area contributed by atoms with Crippen molar-refractivity contribution in [2.75, 3.05) is 26.2 Å². The summed E-state index contributed by atoms with van der Waals surface area (Å²) in [5, 5.41) is 13.7. The second kappa shape index (κ2) is 6.53. The average Bonchev–Trinajstić information content (AvgIpc) is 2.79. The third-order valence-electron chi connectivity index (χ3n) is 5.05. The number of rotatable bonds is 3. The van der Waals surface area contributed by atoms with E-state index in [0.717, 1.165) is 32.5 Å². The molecular weight excluding hydrogens is 240 g/mol. The van der Waals surface area contributed by atoms with Crippen molar-refractivity contribution < 1.29 is 9.84 Å². The molecule has 4 atom stereocenters. The van der Waals surface area contributed by atoms with Crippen molar-refractivity contribution in [3.05, 3.63) is 0 Å². The predicted octanol–water partition coefficient (Wildman–Crippen LogP) is 1.13. The van der Waals surface area contributed by atoms with Crippen molar-refractivity contribution in [3.8, 4) is 0 Å². The fourth-order valence-electron chi connectivity index (χ4n) is 3.82. The van der Waals surface area contributed by atoms with Crippen molar-refractivity contribution in [2.24, 2.45) is 0 Å². The first-order valence-corrected chi connectivity index (χ1v) is 8.10. The van der Waals surface area contributed by atoms with E-state index in [0.29, 0.717) is 12.1 Å². The van der Waals surface area contributed by atoms with Gasteiger partial charge in [-0.2, -0.15) is 0 Å². The molecule has 2 aliphatic heterocycles. The summed E-state index contributed by atoms with van der Waals surface area (Å²) in [6, 6.07) is 0.960. The molecule has 0 spiro atoms. The highest BCUT2D eigenvalue weighted by Crippen LogP contribution is 2.23. The zero-order valence-corrected chi connectivity index (χ0v) is 11.9. The Bertz CT molecular complexity index is 287. The quantitative estimate of drug-likeness (QED) is 0.753. The van der Waals surface area contributed by atoms with Gasteiger partial charge in [0.15, 0.2) is 0 Å². The molecule has 1 saturated carbocycles. The molecule has 19 heavy (non-hydrogen) atoms. The predicted molar refractivity (Wildman–Crippen MR) is 75.2 cm³/mol. The summed E-state index contributed by atoms with van der Waals surface area (Å²) in [5.74, 6) is 0. The maximum absolute atomic E-state index is 10.1. The number of morpholine rings is 1. The number of aliphatic hydroxyl groups excluding tert-OH is 1. The second-order valence-corrected chi connectivity index (χ2v) is 6.47. The van der Waals surface area contributed by atoms with E-state index in [4.69, 9.17) is 4.74 Å². The van der Waals surface area contributed by atoms with Crippen LogP contribution in [0.2, 0.25) is 0 Å². The van der Waals surface area contributed by atoms with Gasteiger partial charge in [-0.05, 0) is 32.2 Å². The maximum Gasteiger partial charge on any atom is 0.0827 e. The van der Waals surface area contributed by atoms with E-state index in [9.17, 15) is 5.11 Å². The summed E-state index contributed by atoms with van der Waals surface area (Å²) in [5.41, 5.74) is 0. The first kappa shape index (κ1) is 13.8. The van der Waals surface area contributed by atoms with E-state index in [2.05, 4.69) is 10.2 Å². The highest BCUT2D eigenvalue weighted by molar-refractivity contribution is 4.87. The third-order valence-corrected chi connectivity index (χ3v) is 5.05. The zero-order valence-electron chi connectivity index (χ0n) is 11.9. The van der Waals surface area contributed by atoms with Gasteiger partial charge in [-0.15, -0.1) is 0 Å². The van der Waals surface area contributed by atoms with Crippen LogP contribution in [0.3, 0.4) is 0 Å². The summed E-state index contributed by atoms with van der Waals surface area (Å²) >= 11 is 0. The first-order chi connectivity index (χ1) is 9.33. The van der Waals surface area contributed by atoms with Crippen LogP contribution in [0, 0.1) is 0 Å². The Kier molecular flexibility index (Phi) is 4.74. The van der Waals surface area contributed by atoms with Gasteiger partial charge in [0, 0.05) is 25.2 Å². The Hall–Kier alpha value is -0.160. The van der Waals surface area contributed by atoms with Crippen molar-refractivity contribution in [3.63, 3.8) is 0 Å². The van der Waals surface area contributed by atoms with Gasteiger partial charge in [-0.25, -0.2) is 0 Å². The van der Waals surface area contributed by atoms with Crippen LogP contribution >= 0.6 is 0 Å². The molecular formula is C15H28N2O2. The Labute approximate surface area is 116 Å². The summed E-state index contributed by atoms with van der Waals surface area (Å²) in [6.07, 6.45) is 8.54. The number of fused-ring (bicyclic) bond motifs is 1. The highest BCUT2D eigenvalue weighted by atomic mass is 16.5. The van der Waals surface area contributed by atoms with Crippen LogP contribution in [-0.2, 0) is 4.74 Å². The molecule has 1 aliphatic carbocycles. The molecule has 3 aliphatic rings. The van der Waals surface area contributed by atoms with Gasteiger partial charge in [-0.3, -0.25) is 4.90 Å². The number of ether oxygens (including phenoxy) is 1. The van der Waals surface area contributed by atoms with Crippen LogP contribution in [0.25, 0.3) is 0 Å². The Morgan fingerprint density at radius 3 is 2.95 bits per heavy atom. The minimum absolute atomic E-state index is 0.161. The van der Waals surface area contributed by atoms with Gasteiger partial charge in [0.1, 0.15) is 0 Å². The number of nitrogens with one attached hydrogen (secondary N) is 1. The van der Waals surface area contributed by atoms with Gasteiger partial charge in [-0.1, -0.05) is 19.3 Å². The van der Waals surface area contributed by atoms with E-state index in [1.54, 1.807) is 0 Å². The van der Waals surface area contributed by atoms with E-state index >= 15 is 0 Å². The maximum atomic E-state index is 10.1. The van der Waals surface area contributed by atoms with Crippen LogP contribution in [0.4, 0.5) is 0 Å². The average molecular weight is 268 g/mol. The van der Waals surface area contributed by atoms with Crippen LogP contribution < -0.4 is 5.32 Å². The molecule has 4 nitrogen and oxygen atoms in total. The lowest BCUT2D eigenvalue weighted by Gasteiger charge is -2.36. The summed E-state index contributed by atoms with van der Waals surface area (Å²) in [7, 11) is 0. The van der Waals surface area contributed by atoms with Crippen molar-refractivity contribution in [2.45, 2.75) is 69.2 Å². The molecule has 3 fully saturated rings. The molecule has 3 rings (SSSR count). The molecule has 4 heteroatoms. The Morgan fingerprint density at radius 1 is 1.11 bits per heavy atom. The molecule has 110 valence electrons. The van der Waals surface area contributed by atoms with E-state index in [-0.39, 0.29) is 12.1 Å². The molecule has 0 amide bonds. The Morgan fingerprint density at radius 2 is 2.00 bits per heavy atom. The largest absolute Gasteiger partial charge is 0.392 e. The first-order valence-electron chi connectivity index (χ1n) is 8.10. The smallest absolute Gasteiger partial charge is 0.0827 e. The topological polar surface area (TPSA) is 44.7 Å². The molecule has 4 unspecified atom stereocenters. The van der Waals surface area contributed by atoms with Crippen molar-refractivity contribution in [1.82, 2.24) is 10.2 Å². The molecule has 0 bridgehead atoms. The van der Waals surface area contributed by atoms with Crippen LogP contribution in [0.1, 0.15) is 44.9 Å². The second-order valence-electron chi connectivity index (χ2n) is 6.47. The van der Waals surface area contributed by atoms with E-state index < -0.39 is 0 Å². The zero-order chi connectivity index (χ0) is 13.1. The fraction of sp³-hybridized carbons (Fsp3) is 1.00. The lowest BCUT2D eigenvalue weighted by atomic mass is 10.1. The fourth-order valence-corrected chi connectivity index (χ4v) is 3.82. The van der Waals surface area contributed by atoms with Crippen LogP contribution in [-0.4, -0.2) is 60.5 Å².